The van der Waals surface area contributed by atoms with Crippen LogP contribution in [0.1, 0.15) is 18.1 Å². The quantitative estimate of drug-likeness (QED) is 0.373. The largest absolute Gasteiger partial charge is 0.494 e. The van der Waals surface area contributed by atoms with E-state index in [1.165, 1.54) is 6.07 Å². The van der Waals surface area contributed by atoms with Crippen molar-refractivity contribution < 1.29 is 17.9 Å². The van der Waals surface area contributed by atoms with Crippen molar-refractivity contribution in [2.75, 3.05) is 22.8 Å². The number of hydrogen-bond donors (Lipinski definition) is 1. The number of amides is 1. The average Bonchev–Trinajstić information content (AvgIpc) is 2.85. The fraction of sp³-hybridized carbons (Fsp3) is 0.185. The van der Waals surface area contributed by atoms with Gasteiger partial charge in [0.2, 0.25) is 5.91 Å². The number of sulfonamides is 1. The van der Waals surface area contributed by atoms with Crippen molar-refractivity contribution in [1.82, 2.24) is 4.98 Å². The molecule has 0 aliphatic heterocycles. The maximum absolute atomic E-state index is 14.0. The smallest absolute Gasteiger partial charge is 0.266 e. The molecule has 0 radical (unpaired) electrons. The molecule has 8 heteroatoms. The molecular formula is C27H27N3O4S. The zero-order valence-electron chi connectivity index (χ0n) is 19.9. The fourth-order valence-corrected chi connectivity index (χ4v) is 5.49. The molecule has 0 atom stereocenters. The summed E-state index contributed by atoms with van der Waals surface area (Å²) in [6.45, 7) is 5.78. The Labute approximate surface area is 205 Å². The van der Waals surface area contributed by atoms with Crippen molar-refractivity contribution >= 4 is 38.2 Å². The number of fused-ring (bicyclic) bond motifs is 1. The highest BCUT2D eigenvalue weighted by atomic mass is 32.2. The molecule has 35 heavy (non-hydrogen) atoms. The Kier molecular flexibility index (Phi) is 7.02. The number of rotatable bonds is 8. The maximum Gasteiger partial charge on any atom is 0.266 e. The molecule has 0 bridgehead atoms. The van der Waals surface area contributed by atoms with Gasteiger partial charge in [-0.25, -0.2) is 8.42 Å². The normalized spacial score (nSPS) is 11.3. The van der Waals surface area contributed by atoms with Crippen LogP contribution in [0.3, 0.4) is 0 Å². The van der Waals surface area contributed by atoms with E-state index >= 15 is 0 Å². The zero-order chi connectivity index (χ0) is 25.0. The van der Waals surface area contributed by atoms with Gasteiger partial charge in [-0.05, 0) is 74.4 Å². The summed E-state index contributed by atoms with van der Waals surface area (Å²) in [5.41, 5.74) is 3.05. The van der Waals surface area contributed by atoms with Crippen LogP contribution in [0.5, 0.6) is 5.75 Å². The topological polar surface area (TPSA) is 88.6 Å². The molecule has 0 spiro atoms. The van der Waals surface area contributed by atoms with Crippen LogP contribution in [-0.2, 0) is 14.8 Å². The van der Waals surface area contributed by atoms with Gasteiger partial charge in [-0.15, -0.1) is 0 Å². The van der Waals surface area contributed by atoms with Gasteiger partial charge in [-0.3, -0.25) is 14.1 Å². The number of nitrogens with one attached hydrogen (secondary N) is 1. The lowest BCUT2D eigenvalue weighted by Crippen LogP contribution is -2.38. The summed E-state index contributed by atoms with van der Waals surface area (Å²) in [4.78, 5) is 17.4. The molecule has 0 aliphatic carbocycles. The minimum Gasteiger partial charge on any atom is -0.494 e. The third kappa shape index (κ3) is 5.12. The maximum atomic E-state index is 14.0. The van der Waals surface area contributed by atoms with Gasteiger partial charge in [-0.1, -0.05) is 30.3 Å². The van der Waals surface area contributed by atoms with Gasteiger partial charge < -0.3 is 10.1 Å². The van der Waals surface area contributed by atoms with E-state index in [1.54, 1.807) is 54.7 Å². The Morgan fingerprint density at radius 1 is 0.971 bits per heavy atom. The summed E-state index contributed by atoms with van der Waals surface area (Å²) in [6.07, 6.45) is 1.56. The van der Waals surface area contributed by atoms with E-state index in [0.717, 1.165) is 15.4 Å². The minimum absolute atomic E-state index is 0.0466. The highest BCUT2D eigenvalue weighted by Crippen LogP contribution is 2.31. The summed E-state index contributed by atoms with van der Waals surface area (Å²) < 4.78 is 34.6. The number of carbonyl (C=O) groups excluding carboxylic acids is 1. The number of hydrogen-bond acceptors (Lipinski definition) is 5. The van der Waals surface area contributed by atoms with Gasteiger partial charge in [0.1, 0.15) is 17.2 Å². The molecule has 0 saturated heterocycles. The van der Waals surface area contributed by atoms with Crippen LogP contribution < -0.4 is 14.4 Å². The number of benzene rings is 3. The first-order valence-electron chi connectivity index (χ1n) is 11.3. The van der Waals surface area contributed by atoms with E-state index in [9.17, 15) is 13.2 Å². The summed E-state index contributed by atoms with van der Waals surface area (Å²) in [5, 5.41) is 3.49. The predicted octanol–water partition coefficient (Wildman–Crippen LogP) is 5.08. The first-order valence-corrected chi connectivity index (χ1v) is 12.7. The van der Waals surface area contributed by atoms with Crippen molar-refractivity contribution in [3.8, 4) is 5.75 Å². The van der Waals surface area contributed by atoms with Crippen LogP contribution in [-0.4, -0.2) is 32.5 Å². The Morgan fingerprint density at radius 3 is 2.43 bits per heavy atom. The highest BCUT2D eigenvalue weighted by Gasteiger charge is 2.30. The van der Waals surface area contributed by atoms with Crippen LogP contribution in [0.4, 0.5) is 11.4 Å². The Bertz CT molecular complexity index is 1460. The number of para-hydroxylation sites is 1. The monoisotopic (exact) mass is 489 g/mol. The van der Waals surface area contributed by atoms with E-state index in [4.69, 9.17) is 4.74 Å². The third-order valence-corrected chi connectivity index (χ3v) is 7.54. The van der Waals surface area contributed by atoms with Crippen LogP contribution >= 0.6 is 0 Å². The van der Waals surface area contributed by atoms with Crippen molar-refractivity contribution in [1.29, 1.82) is 0 Å². The summed E-state index contributed by atoms with van der Waals surface area (Å²) in [6, 6.07) is 20.9. The van der Waals surface area contributed by atoms with Gasteiger partial charge in [0.05, 0.1) is 17.8 Å². The average molecular weight is 490 g/mol. The molecular weight excluding hydrogens is 462 g/mol. The van der Waals surface area contributed by atoms with Crippen LogP contribution in [0.2, 0.25) is 0 Å². The van der Waals surface area contributed by atoms with Gasteiger partial charge >= 0.3 is 0 Å². The summed E-state index contributed by atoms with van der Waals surface area (Å²) in [7, 11) is -4.13. The SMILES string of the molecule is CCOc1ccc(NC(=O)CN(c2cccc(C)c2C)S(=O)(=O)c2cccc3cccnc23)cc1. The summed E-state index contributed by atoms with van der Waals surface area (Å²) in [5.74, 6) is 0.223. The molecule has 1 aromatic heterocycles. The molecule has 0 saturated carbocycles. The van der Waals surface area contributed by atoms with Gasteiger partial charge in [-0.2, -0.15) is 0 Å². The van der Waals surface area contributed by atoms with Crippen molar-refractivity contribution in [2.45, 2.75) is 25.7 Å². The van der Waals surface area contributed by atoms with Gasteiger partial charge in [0, 0.05) is 17.3 Å². The number of aryl methyl sites for hydroxylation is 1. The Balaban J connectivity index is 1.73. The van der Waals surface area contributed by atoms with Crippen molar-refractivity contribution in [2.24, 2.45) is 0 Å². The molecule has 3 aromatic carbocycles. The second-order valence-electron chi connectivity index (χ2n) is 8.07. The number of aromatic nitrogens is 1. The second kappa shape index (κ2) is 10.1. The lowest BCUT2D eigenvalue weighted by molar-refractivity contribution is -0.114. The molecule has 7 nitrogen and oxygen atoms in total. The first-order chi connectivity index (χ1) is 16.8. The molecule has 1 N–H and O–H groups in total. The summed E-state index contributed by atoms with van der Waals surface area (Å²) >= 11 is 0. The van der Waals surface area contributed by atoms with E-state index in [0.29, 0.717) is 34.6 Å². The standard InChI is InChI=1S/C27H27N3O4S/c1-4-34-23-15-13-22(14-16-23)29-26(31)18-30(24-11-5-8-19(2)20(24)3)35(32,33)25-12-6-9-21-10-7-17-28-27(21)25/h5-17H,4,18H2,1-3H3,(H,29,31). The minimum atomic E-state index is -4.13. The van der Waals surface area contributed by atoms with Crippen LogP contribution in [0.15, 0.2) is 83.9 Å². The number of carbonyl (C=O) groups is 1. The molecule has 180 valence electrons. The Morgan fingerprint density at radius 2 is 1.69 bits per heavy atom. The number of anilines is 2. The van der Waals surface area contributed by atoms with E-state index in [-0.39, 0.29) is 4.90 Å². The Hall–Kier alpha value is -3.91. The number of ether oxygens (including phenoxy) is 1. The molecule has 4 rings (SSSR count). The number of pyridine rings is 1. The van der Waals surface area contributed by atoms with Gasteiger partial charge in [0.25, 0.3) is 10.0 Å². The van der Waals surface area contributed by atoms with E-state index in [1.807, 2.05) is 39.0 Å². The first kappa shape index (κ1) is 24.2. The molecule has 0 aliphatic rings. The molecule has 0 fully saturated rings. The van der Waals surface area contributed by atoms with Gasteiger partial charge in [0.15, 0.2) is 0 Å². The molecule has 0 unspecified atom stereocenters. The van der Waals surface area contributed by atoms with Crippen LogP contribution in [0.25, 0.3) is 10.9 Å². The van der Waals surface area contributed by atoms with Crippen molar-refractivity contribution in [3.63, 3.8) is 0 Å². The number of nitrogens with zero attached hydrogens (tertiary/aromatic N) is 2. The zero-order valence-corrected chi connectivity index (χ0v) is 20.7. The third-order valence-electron chi connectivity index (χ3n) is 5.74. The van der Waals surface area contributed by atoms with E-state index in [2.05, 4.69) is 10.3 Å². The fourth-order valence-electron chi connectivity index (χ4n) is 3.84. The van der Waals surface area contributed by atoms with Crippen molar-refractivity contribution in [3.05, 3.63) is 90.1 Å². The second-order valence-corrected chi connectivity index (χ2v) is 9.90. The predicted molar refractivity (Wildman–Crippen MR) is 138 cm³/mol. The molecule has 4 aromatic rings. The van der Waals surface area contributed by atoms with Crippen LogP contribution in [0, 0.1) is 13.8 Å². The molecule has 1 heterocycles. The molecule has 1 amide bonds. The van der Waals surface area contributed by atoms with E-state index < -0.39 is 22.5 Å². The lowest BCUT2D eigenvalue weighted by Gasteiger charge is -2.26. The lowest BCUT2D eigenvalue weighted by atomic mass is 10.1. The highest BCUT2D eigenvalue weighted by molar-refractivity contribution is 7.93.